The molecule has 0 saturated heterocycles. The zero-order chi connectivity index (χ0) is 21.3. The monoisotopic (exact) mass is 432 g/mol. The van der Waals surface area contributed by atoms with Crippen molar-refractivity contribution < 1.29 is 13.2 Å². The predicted octanol–water partition coefficient (Wildman–Crippen LogP) is 4.27. The lowest BCUT2D eigenvalue weighted by atomic mass is 10.0. The number of halogens is 3. The number of nitrogens with one attached hydrogen (secondary N) is 2. The molecule has 0 aliphatic heterocycles. The summed E-state index contributed by atoms with van der Waals surface area (Å²) in [4.78, 5) is 5.34. The van der Waals surface area contributed by atoms with Gasteiger partial charge in [-0.2, -0.15) is 18.3 Å². The highest BCUT2D eigenvalue weighted by Crippen LogP contribution is 2.32. The quantitative estimate of drug-likeness (QED) is 0.364. The van der Waals surface area contributed by atoms with Crippen LogP contribution in [0, 0.1) is 0 Å². The predicted molar refractivity (Wildman–Crippen MR) is 113 cm³/mol. The summed E-state index contributed by atoms with van der Waals surface area (Å²) in [6.07, 6.45) is -2.11. The van der Waals surface area contributed by atoms with Crippen molar-refractivity contribution in [3.05, 3.63) is 59.8 Å². The molecule has 10 heteroatoms. The summed E-state index contributed by atoms with van der Waals surface area (Å²) < 4.78 is 37.9. The van der Waals surface area contributed by atoms with Gasteiger partial charge in [0.05, 0.1) is 16.0 Å². The second kappa shape index (κ2) is 7.96. The Kier molecular flexibility index (Phi) is 5.35. The second-order valence-corrected chi connectivity index (χ2v) is 7.97. The molecule has 0 saturated carbocycles. The maximum Gasteiger partial charge on any atom is 0.416 e. The average Bonchev–Trinajstić information content (AvgIpc) is 3.33. The molecule has 2 heterocycles. The zero-order valence-electron chi connectivity index (χ0n) is 15.7. The minimum atomic E-state index is -4.33. The Bertz CT molecular complexity index is 1150. The molecule has 2 aromatic carbocycles. The lowest BCUT2D eigenvalue weighted by molar-refractivity contribution is -0.137. The summed E-state index contributed by atoms with van der Waals surface area (Å²) in [6.45, 7) is 0.446. The molecule has 4 aromatic rings. The first-order valence-corrected chi connectivity index (χ1v) is 9.96. The molecule has 0 aliphatic carbocycles. The molecule has 6 N–H and O–H groups in total. The number of rotatable bonds is 6. The molecule has 6 nitrogen and oxygen atoms in total. The normalized spacial score (nSPS) is 12.9. The van der Waals surface area contributed by atoms with Gasteiger partial charge in [0.15, 0.2) is 10.9 Å². The molecule has 0 amide bonds. The first kappa shape index (κ1) is 20.2. The second-order valence-electron chi connectivity index (χ2n) is 6.94. The largest absolute Gasteiger partial charge is 0.416 e. The van der Waals surface area contributed by atoms with Crippen molar-refractivity contribution in [1.29, 1.82) is 0 Å². The van der Waals surface area contributed by atoms with E-state index in [0.29, 0.717) is 23.9 Å². The van der Waals surface area contributed by atoms with Gasteiger partial charge in [0.1, 0.15) is 0 Å². The number of H-pyrrole nitrogens is 1. The van der Waals surface area contributed by atoms with E-state index in [2.05, 4.69) is 20.5 Å². The van der Waals surface area contributed by atoms with Crippen LogP contribution in [0.4, 0.5) is 24.1 Å². The molecule has 2 aromatic heterocycles. The first-order chi connectivity index (χ1) is 14.3. The fourth-order valence-electron chi connectivity index (χ4n) is 3.10. The van der Waals surface area contributed by atoms with Gasteiger partial charge in [-0.25, -0.2) is 4.98 Å². The van der Waals surface area contributed by atoms with Crippen molar-refractivity contribution in [2.75, 3.05) is 17.6 Å². The van der Waals surface area contributed by atoms with Gasteiger partial charge in [-0.15, -0.1) is 0 Å². The third-order valence-corrected chi connectivity index (χ3v) is 5.68. The van der Waals surface area contributed by atoms with E-state index in [9.17, 15) is 13.2 Å². The highest BCUT2D eigenvalue weighted by Gasteiger charge is 2.29. The van der Waals surface area contributed by atoms with Crippen LogP contribution in [0.2, 0.25) is 0 Å². The maximum atomic E-state index is 12.6. The van der Waals surface area contributed by atoms with Crippen LogP contribution in [-0.4, -0.2) is 27.8 Å². The van der Waals surface area contributed by atoms with E-state index in [1.54, 1.807) is 6.20 Å². The Morgan fingerprint density at radius 3 is 2.63 bits per heavy atom. The van der Waals surface area contributed by atoms with Crippen molar-refractivity contribution >= 4 is 33.2 Å². The van der Waals surface area contributed by atoms with E-state index >= 15 is 0 Å². The van der Waals surface area contributed by atoms with Crippen LogP contribution >= 0.6 is 11.3 Å². The third-order valence-electron chi connectivity index (χ3n) is 4.68. The van der Waals surface area contributed by atoms with Gasteiger partial charge in [0.25, 0.3) is 0 Å². The van der Waals surface area contributed by atoms with E-state index in [1.807, 2.05) is 18.2 Å². The Morgan fingerprint density at radius 1 is 1.13 bits per heavy atom. The highest BCUT2D eigenvalue weighted by atomic mass is 32.1. The molecule has 0 aliphatic rings. The maximum absolute atomic E-state index is 12.6. The summed E-state index contributed by atoms with van der Waals surface area (Å²) in [5.74, 6) is 0.448. The molecule has 0 spiro atoms. The molecule has 156 valence electrons. The lowest BCUT2D eigenvalue weighted by Gasteiger charge is -2.13. The van der Waals surface area contributed by atoms with E-state index in [0.717, 1.165) is 39.0 Å². The van der Waals surface area contributed by atoms with Crippen LogP contribution in [0.15, 0.2) is 48.7 Å². The number of hydrogen-bond donors (Lipinski definition) is 4. The SMILES string of the molecule is Nc1n[nH]c2ccc(-c3cnc(NC[C@H](N)Cc4ccc(C(F)(F)F)cc4)s3)cc12. The molecule has 0 radical (unpaired) electrons. The zero-order valence-corrected chi connectivity index (χ0v) is 16.5. The lowest BCUT2D eigenvalue weighted by Crippen LogP contribution is -2.31. The number of nitrogen functional groups attached to an aromatic ring is 1. The van der Waals surface area contributed by atoms with Gasteiger partial charge >= 0.3 is 6.18 Å². The standard InChI is InChI=1S/C20H19F3N6S/c21-20(22,23)13-4-1-11(2-5-13)7-14(24)9-26-19-27-10-17(30-19)12-3-6-16-15(8-12)18(25)29-28-16/h1-6,8,10,14H,7,9,24H2,(H,26,27)(H3,25,28,29)/t14-/m1/s1. The Labute approximate surface area is 174 Å². The Morgan fingerprint density at radius 2 is 1.90 bits per heavy atom. The average molecular weight is 432 g/mol. The van der Waals surface area contributed by atoms with Crippen molar-refractivity contribution in [3.8, 4) is 10.4 Å². The topological polar surface area (TPSA) is 106 Å². The van der Waals surface area contributed by atoms with E-state index < -0.39 is 11.7 Å². The number of nitrogens with two attached hydrogens (primary N) is 2. The van der Waals surface area contributed by atoms with Gasteiger partial charge in [-0.3, -0.25) is 5.10 Å². The third kappa shape index (κ3) is 4.39. The summed E-state index contributed by atoms with van der Waals surface area (Å²) in [5, 5.41) is 11.6. The number of aromatic nitrogens is 3. The van der Waals surface area contributed by atoms with Gasteiger partial charge in [-0.05, 0) is 41.8 Å². The van der Waals surface area contributed by atoms with E-state index in [4.69, 9.17) is 11.5 Å². The molecular formula is C20H19F3N6S. The molecule has 30 heavy (non-hydrogen) atoms. The molecule has 4 rings (SSSR count). The number of benzene rings is 2. The number of hydrogen-bond acceptors (Lipinski definition) is 6. The fraction of sp³-hybridized carbons (Fsp3) is 0.200. The van der Waals surface area contributed by atoms with Crippen molar-refractivity contribution in [1.82, 2.24) is 15.2 Å². The van der Waals surface area contributed by atoms with Crippen LogP contribution < -0.4 is 16.8 Å². The molecule has 0 unspecified atom stereocenters. The van der Waals surface area contributed by atoms with Gasteiger partial charge < -0.3 is 16.8 Å². The van der Waals surface area contributed by atoms with Crippen LogP contribution in [0.3, 0.4) is 0 Å². The highest BCUT2D eigenvalue weighted by molar-refractivity contribution is 7.18. The van der Waals surface area contributed by atoms with Gasteiger partial charge in [-0.1, -0.05) is 29.5 Å². The number of nitrogens with zero attached hydrogens (tertiary/aromatic N) is 2. The van der Waals surface area contributed by atoms with Crippen molar-refractivity contribution in [3.63, 3.8) is 0 Å². The Balaban J connectivity index is 1.36. The van der Waals surface area contributed by atoms with Gasteiger partial charge in [0.2, 0.25) is 0 Å². The number of fused-ring (bicyclic) bond motifs is 1. The summed E-state index contributed by atoms with van der Waals surface area (Å²) in [5.41, 5.74) is 13.9. The van der Waals surface area contributed by atoms with Crippen LogP contribution in [0.25, 0.3) is 21.3 Å². The summed E-state index contributed by atoms with van der Waals surface area (Å²) in [7, 11) is 0. The smallest absolute Gasteiger partial charge is 0.382 e. The fourth-order valence-corrected chi connectivity index (χ4v) is 3.92. The molecule has 0 fully saturated rings. The van der Waals surface area contributed by atoms with Gasteiger partial charge in [0, 0.05) is 24.2 Å². The summed E-state index contributed by atoms with van der Waals surface area (Å²) >= 11 is 1.48. The van der Waals surface area contributed by atoms with Crippen LogP contribution in [0.5, 0.6) is 0 Å². The van der Waals surface area contributed by atoms with Crippen LogP contribution in [0.1, 0.15) is 11.1 Å². The van der Waals surface area contributed by atoms with Crippen LogP contribution in [-0.2, 0) is 12.6 Å². The van der Waals surface area contributed by atoms with Crippen molar-refractivity contribution in [2.24, 2.45) is 5.73 Å². The first-order valence-electron chi connectivity index (χ1n) is 9.15. The number of thiazole rings is 1. The van der Waals surface area contributed by atoms with E-state index in [1.165, 1.54) is 23.5 Å². The minimum absolute atomic E-state index is 0.267. The number of anilines is 2. The minimum Gasteiger partial charge on any atom is -0.382 e. The van der Waals surface area contributed by atoms with E-state index in [-0.39, 0.29) is 6.04 Å². The van der Waals surface area contributed by atoms with Crippen molar-refractivity contribution in [2.45, 2.75) is 18.6 Å². The number of alkyl halides is 3. The Hall–Kier alpha value is -3.11. The number of aromatic amines is 1. The molecular weight excluding hydrogens is 413 g/mol. The summed E-state index contributed by atoms with van der Waals surface area (Å²) in [6, 6.07) is 10.6. The molecule has 1 atom stereocenters. The molecule has 0 bridgehead atoms.